The third-order valence-corrected chi connectivity index (χ3v) is 1.57. The first-order chi connectivity index (χ1) is 6.54. The van der Waals surface area contributed by atoms with Crippen LogP contribution < -0.4 is 5.43 Å². The number of halogens is 3. The first-order valence-electron chi connectivity index (χ1n) is 3.30. The molecule has 0 aliphatic heterocycles. The van der Waals surface area contributed by atoms with Crippen molar-refractivity contribution in [2.24, 2.45) is 0 Å². The van der Waals surface area contributed by atoms with Gasteiger partial charge in [0.25, 0.3) is 0 Å². The predicted molar refractivity (Wildman–Crippen MR) is 40.9 cm³/mol. The van der Waals surface area contributed by atoms with Gasteiger partial charge in [-0.3, -0.25) is 4.79 Å². The van der Waals surface area contributed by atoms with Gasteiger partial charge < -0.3 is 0 Å². The fourth-order valence-electron chi connectivity index (χ4n) is 0.944. The Hall–Kier alpha value is -1.94. The van der Waals surface area contributed by atoms with E-state index in [4.69, 9.17) is 10.2 Å². The molecule has 0 bridgehead atoms. The average Bonchev–Trinajstić information content (AvgIpc) is 2.74. The zero-order valence-corrected chi connectivity index (χ0v) is 6.53. The van der Waals surface area contributed by atoms with Crippen LogP contribution in [0, 0.1) is 22.9 Å². The first kappa shape index (κ1) is 10.1. The van der Waals surface area contributed by atoms with E-state index in [0.29, 0.717) is 6.07 Å². The van der Waals surface area contributed by atoms with E-state index in [0.717, 1.165) is 6.08 Å². The van der Waals surface area contributed by atoms with E-state index in [1.807, 2.05) is 0 Å². The Kier molecular flexibility index (Phi) is 2.49. The van der Waals surface area contributed by atoms with Crippen molar-refractivity contribution in [3.8, 4) is 0 Å². The molecule has 0 aliphatic carbocycles. The molecule has 0 aliphatic rings. The van der Waals surface area contributed by atoms with Crippen molar-refractivity contribution in [3.05, 3.63) is 33.7 Å². The van der Waals surface area contributed by atoms with Crippen molar-refractivity contribution in [1.82, 2.24) is 0 Å². The number of hydrogen-bond acceptors (Lipinski definition) is 3. The fraction of sp³-hybridized carbons (Fsp3) is 0. The van der Waals surface area contributed by atoms with Gasteiger partial charge in [-0.25, -0.2) is 23.4 Å². The van der Waals surface area contributed by atoms with Gasteiger partial charge in [0.15, 0.2) is 22.9 Å². The van der Waals surface area contributed by atoms with E-state index in [-0.39, 0.29) is 10.8 Å². The van der Waals surface area contributed by atoms with Crippen LogP contribution in [-0.4, -0.2) is 6.08 Å². The highest BCUT2D eigenvalue weighted by molar-refractivity contribution is 5.97. The van der Waals surface area contributed by atoms with Gasteiger partial charge in [0.05, 0.1) is 5.39 Å². The van der Waals surface area contributed by atoms with Crippen molar-refractivity contribution in [1.29, 1.82) is 5.41 Å². The zero-order valence-electron chi connectivity index (χ0n) is 6.53. The molecule has 3 nitrogen and oxygen atoms in total. The van der Waals surface area contributed by atoms with Gasteiger partial charge in [-0.05, 0) is 6.07 Å². The van der Waals surface area contributed by atoms with E-state index in [1.54, 1.807) is 0 Å². The summed E-state index contributed by atoms with van der Waals surface area (Å²) in [5, 5.41) is 5.03. The second-order valence-electron chi connectivity index (χ2n) is 2.34. The van der Waals surface area contributed by atoms with Crippen molar-refractivity contribution in [2.45, 2.75) is 0 Å². The van der Waals surface area contributed by atoms with E-state index >= 15 is 0 Å². The number of carbonyl (C=O) groups excluding carboxylic acids is 1. The van der Waals surface area contributed by atoms with Crippen LogP contribution in [0.2, 0.25) is 0 Å². The molecule has 0 atom stereocenters. The van der Waals surface area contributed by atoms with Gasteiger partial charge in [-0.2, -0.15) is 0 Å². The number of fused-ring (bicyclic) bond motifs is 1. The Labute approximate surface area is 75.0 Å². The van der Waals surface area contributed by atoms with Crippen LogP contribution in [0.4, 0.5) is 13.2 Å². The van der Waals surface area contributed by atoms with Crippen molar-refractivity contribution >= 4 is 16.9 Å². The maximum atomic E-state index is 12.5. The van der Waals surface area contributed by atoms with E-state index in [1.165, 1.54) is 0 Å². The van der Waals surface area contributed by atoms with Gasteiger partial charge in [0.1, 0.15) is 0 Å². The number of nitrogens with one attached hydrogen (secondary N) is 1. The third kappa shape index (κ3) is 1.43. The maximum absolute atomic E-state index is 12.5. The van der Waals surface area contributed by atoms with Crippen LogP contribution >= 0.6 is 0 Å². The molecule has 0 unspecified atom stereocenters. The Morgan fingerprint density at radius 3 is 2.21 bits per heavy atom. The Morgan fingerprint density at radius 2 is 1.71 bits per heavy atom. The molecule has 0 amide bonds. The molecule has 0 heterocycles. The standard InChI is InChI=1S/C7HF3O.CHNO/c8-3-1-2-4(7(2)11)6(10)5(3)9;2-1-3/h1H;2H. The second kappa shape index (κ2) is 3.43. The quantitative estimate of drug-likeness (QED) is 0.397. The van der Waals surface area contributed by atoms with E-state index in [9.17, 15) is 18.0 Å². The van der Waals surface area contributed by atoms with Crippen LogP contribution in [-0.2, 0) is 4.79 Å². The van der Waals surface area contributed by atoms with Gasteiger partial charge >= 0.3 is 0 Å². The van der Waals surface area contributed by atoms with E-state index < -0.39 is 22.9 Å². The minimum absolute atomic E-state index is 0.0543. The highest BCUT2D eigenvalue weighted by Crippen LogP contribution is 2.23. The lowest BCUT2D eigenvalue weighted by Gasteiger charge is -1.88. The lowest BCUT2D eigenvalue weighted by Crippen LogP contribution is -1.85. The number of hydrogen-bond donors (Lipinski definition) is 1. The lowest BCUT2D eigenvalue weighted by molar-refractivity contribution is 0.455. The number of benzene rings is 1. The maximum Gasteiger partial charge on any atom is 0.231 e. The molecule has 0 saturated carbocycles. The summed E-state index contributed by atoms with van der Waals surface area (Å²) >= 11 is 0. The number of isocyanates is 1. The summed E-state index contributed by atoms with van der Waals surface area (Å²) < 4.78 is 37.0. The normalized spacial score (nSPS) is 9.64. The molecule has 0 aromatic heterocycles. The van der Waals surface area contributed by atoms with Crippen LogP contribution in [0.15, 0.2) is 10.9 Å². The molecule has 2 aromatic rings. The molecule has 0 fully saturated rings. The number of rotatable bonds is 0. The van der Waals surface area contributed by atoms with Gasteiger partial charge in [-0.1, -0.05) is 0 Å². The third-order valence-electron chi connectivity index (χ3n) is 1.57. The molecular formula is C8H2F3NO2. The minimum atomic E-state index is -1.57. The SMILES string of the molecule is N=C=O.O=c1c2cc(F)c(F)c(F)c12. The van der Waals surface area contributed by atoms with E-state index in [2.05, 4.69) is 0 Å². The molecule has 6 heteroatoms. The highest BCUT2D eigenvalue weighted by atomic mass is 19.2. The molecule has 0 saturated heterocycles. The fourth-order valence-corrected chi connectivity index (χ4v) is 0.944. The summed E-state index contributed by atoms with van der Waals surface area (Å²) in [6.45, 7) is 0. The van der Waals surface area contributed by atoms with Crippen molar-refractivity contribution in [2.75, 3.05) is 0 Å². The molecule has 2 aromatic carbocycles. The summed E-state index contributed by atoms with van der Waals surface area (Å²) in [5.74, 6) is -4.26. The molecule has 72 valence electrons. The predicted octanol–water partition coefficient (Wildman–Crippen LogP) is 1.39. The Balaban J connectivity index is 0.000000293. The monoisotopic (exact) mass is 201 g/mol. The first-order valence-corrected chi connectivity index (χ1v) is 3.30. The second-order valence-corrected chi connectivity index (χ2v) is 2.34. The lowest BCUT2D eigenvalue weighted by atomic mass is 10.3. The van der Waals surface area contributed by atoms with Gasteiger partial charge in [0, 0.05) is 5.39 Å². The van der Waals surface area contributed by atoms with Gasteiger partial charge in [0.2, 0.25) is 6.08 Å². The highest BCUT2D eigenvalue weighted by Gasteiger charge is 2.23. The van der Waals surface area contributed by atoms with Crippen LogP contribution in [0.25, 0.3) is 10.8 Å². The summed E-state index contributed by atoms with van der Waals surface area (Å²) in [5.41, 5.74) is -0.606. The zero-order chi connectivity index (χ0) is 10.9. The summed E-state index contributed by atoms with van der Waals surface area (Å²) in [6, 6.07) is 0.704. The van der Waals surface area contributed by atoms with Crippen molar-refractivity contribution in [3.63, 3.8) is 0 Å². The van der Waals surface area contributed by atoms with Crippen LogP contribution in [0.3, 0.4) is 0 Å². The molecule has 1 N–H and O–H groups in total. The largest absolute Gasteiger partial charge is 0.288 e. The topological polar surface area (TPSA) is 58.0 Å². The molecular weight excluding hydrogens is 199 g/mol. The molecule has 2 rings (SSSR count). The summed E-state index contributed by atoms with van der Waals surface area (Å²) in [7, 11) is 0. The summed E-state index contributed by atoms with van der Waals surface area (Å²) in [6.07, 6.45) is 0.750. The minimum Gasteiger partial charge on any atom is -0.288 e. The Bertz CT molecular complexity index is 534. The van der Waals surface area contributed by atoms with Crippen LogP contribution in [0.1, 0.15) is 0 Å². The average molecular weight is 201 g/mol. The molecule has 0 spiro atoms. The Morgan fingerprint density at radius 1 is 1.21 bits per heavy atom. The van der Waals surface area contributed by atoms with Crippen molar-refractivity contribution < 1.29 is 18.0 Å². The summed E-state index contributed by atoms with van der Waals surface area (Å²) in [4.78, 5) is 18.8. The van der Waals surface area contributed by atoms with Gasteiger partial charge in [-0.15, -0.1) is 0 Å². The van der Waals surface area contributed by atoms with Crippen LogP contribution in [0.5, 0.6) is 0 Å². The molecule has 0 radical (unpaired) electrons. The smallest absolute Gasteiger partial charge is 0.231 e. The molecule has 14 heavy (non-hydrogen) atoms.